The molecule has 0 saturated carbocycles. The minimum absolute atomic E-state index is 0.0623. The van der Waals surface area contributed by atoms with Gasteiger partial charge in [-0.05, 0) is 49.6 Å². The third kappa shape index (κ3) is 5.05. The van der Waals surface area contributed by atoms with Crippen LogP contribution in [-0.2, 0) is 4.79 Å². The van der Waals surface area contributed by atoms with Crippen molar-refractivity contribution in [2.45, 2.75) is 33.7 Å². The molecular formula is C23H27ClN4O. The lowest BCUT2D eigenvalue weighted by Crippen LogP contribution is -2.33. The van der Waals surface area contributed by atoms with Crippen molar-refractivity contribution in [1.29, 1.82) is 0 Å². The first-order chi connectivity index (χ1) is 13.9. The summed E-state index contributed by atoms with van der Waals surface area (Å²) in [5.41, 5.74) is 4.53. The smallest absolute Gasteiger partial charge is 0.238 e. The molecule has 5 nitrogen and oxygen atoms in total. The van der Waals surface area contributed by atoms with Crippen LogP contribution in [0, 0.1) is 19.8 Å². The molecule has 3 aromatic rings. The number of nitrogens with zero attached hydrogens (tertiary/aromatic N) is 2. The van der Waals surface area contributed by atoms with E-state index in [0.717, 1.165) is 28.3 Å². The zero-order valence-corrected chi connectivity index (χ0v) is 18.0. The first-order valence-corrected chi connectivity index (χ1v) is 10.1. The maximum absolute atomic E-state index is 12.6. The number of hydrogen-bond acceptors (Lipinski definition) is 3. The first-order valence-electron chi connectivity index (χ1n) is 9.77. The van der Waals surface area contributed by atoms with Gasteiger partial charge in [0.15, 0.2) is 0 Å². The summed E-state index contributed by atoms with van der Waals surface area (Å²) in [6.07, 6.45) is 0. The van der Waals surface area contributed by atoms with Crippen LogP contribution >= 0.6 is 11.6 Å². The maximum atomic E-state index is 12.6. The van der Waals surface area contributed by atoms with Crippen LogP contribution in [0.25, 0.3) is 5.69 Å². The number of para-hydroxylation sites is 1. The Morgan fingerprint density at radius 2 is 1.72 bits per heavy atom. The molecule has 0 aliphatic rings. The minimum Gasteiger partial charge on any atom is -0.322 e. The van der Waals surface area contributed by atoms with Crippen molar-refractivity contribution in [1.82, 2.24) is 15.1 Å². The Kier molecular flexibility index (Phi) is 6.72. The molecule has 0 radical (unpaired) electrons. The van der Waals surface area contributed by atoms with E-state index in [2.05, 4.69) is 29.6 Å². The van der Waals surface area contributed by atoms with Crippen molar-refractivity contribution >= 4 is 23.2 Å². The third-order valence-corrected chi connectivity index (χ3v) is 5.19. The average Bonchev–Trinajstić information content (AvgIpc) is 2.98. The average molecular weight is 411 g/mol. The highest BCUT2D eigenvalue weighted by atomic mass is 35.5. The molecular weight excluding hydrogens is 384 g/mol. The second-order valence-corrected chi connectivity index (χ2v) is 7.93. The molecule has 29 heavy (non-hydrogen) atoms. The lowest BCUT2D eigenvalue weighted by Gasteiger charge is -2.23. The van der Waals surface area contributed by atoms with Gasteiger partial charge in [0.05, 0.1) is 29.3 Å². The molecule has 0 bridgehead atoms. The van der Waals surface area contributed by atoms with Gasteiger partial charge in [-0.2, -0.15) is 5.10 Å². The fourth-order valence-electron chi connectivity index (χ4n) is 3.44. The van der Waals surface area contributed by atoms with Gasteiger partial charge in [-0.15, -0.1) is 0 Å². The molecule has 0 saturated heterocycles. The summed E-state index contributed by atoms with van der Waals surface area (Å²) < 4.78 is 1.85. The van der Waals surface area contributed by atoms with Gasteiger partial charge in [0.2, 0.25) is 5.91 Å². The number of benzene rings is 2. The van der Waals surface area contributed by atoms with E-state index in [1.165, 1.54) is 0 Å². The molecule has 0 aliphatic heterocycles. The highest BCUT2D eigenvalue weighted by Gasteiger charge is 2.19. The Hall–Kier alpha value is -2.63. The van der Waals surface area contributed by atoms with Crippen molar-refractivity contribution in [2.75, 3.05) is 11.9 Å². The topological polar surface area (TPSA) is 59.0 Å². The number of rotatable bonds is 7. The Labute approximate surface area is 177 Å². The molecule has 152 valence electrons. The second-order valence-electron chi connectivity index (χ2n) is 7.50. The number of hydrogen-bond donors (Lipinski definition) is 2. The van der Waals surface area contributed by atoms with E-state index in [-0.39, 0.29) is 18.5 Å². The lowest BCUT2D eigenvalue weighted by atomic mass is 9.96. The van der Waals surface area contributed by atoms with Crippen LogP contribution in [0.5, 0.6) is 0 Å². The first kappa shape index (κ1) is 21.1. The van der Waals surface area contributed by atoms with E-state index in [1.807, 2.05) is 73.1 Å². The molecule has 0 aliphatic carbocycles. The van der Waals surface area contributed by atoms with Gasteiger partial charge >= 0.3 is 0 Å². The van der Waals surface area contributed by atoms with Crippen molar-refractivity contribution < 1.29 is 4.79 Å². The van der Waals surface area contributed by atoms with Gasteiger partial charge in [0.25, 0.3) is 0 Å². The highest BCUT2D eigenvalue weighted by molar-refractivity contribution is 6.30. The number of halogens is 1. The Morgan fingerprint density at radius 3 is 2.34 bits per heavy atom. The van der Waals surface area contributed by atoms with E-state index in [9.17, 15) is 4.79 Å². The molecule has 0 fully saturated rings. The normalized spacial score (nSPS) is 12.2. The predicted molar refractivity (Wildman–Crippen MR) is 119 cm³/mol. The number of amides is 1. The van der Waals surface area contributed by atoms with E-state index in [4.69, 9.17) is 11.6 Å². The number of aromatic nitrogens is 2. The molecule has 1 heterocycles. The minimum atomic E-state index is -0.0941. The molecule has 3 rings (SSSR count). The molecule has 1 atom stereocenters. The largest absolute Gasteiger partial charge is 0.322 e. The fourth-order valence-corrected chi connectivity index (χ4v) is 3.57. The lowest BCUT2D eigenvalue weighted by molar-refractivity contribution is -0.115. The van der Waals surface area contributed by atoms with Crippen LogP contribution in [0.2, 0.25) is 5.02 Å². The van der Waals surface area contributed by atoms with Gasteiger partial charge in [-0.3, -0.25) is 4.79 Å². The molecule has 1 amide bonds. The number of aryl methyl sites for hydroxylation is 1. The van der Waals surface area contributed by atoms with Crippen molar-refractivity contribution in [2.24, 2.45) is 5.92 Å². The second kappa shape index (κ2) is 9.25. The van der Waals surface area contributed by atoms with E-state index < -0.39 is 0 Å². The summed E-state index contributed by atoms with van der Waals surface area (Å²) in [5, 5.41) is 11.7. The number of carbonyl (C=O) groups is 1. The molecule has 6 heteroatoms. The summed E-state index contributed by atoms with van der Waals surface area (Å²) >= 11 is 6.00. The van der Waals surface area contributed by atoms with Crippen LogP contribution in [0.3, 0.4) is 0 Å². The Bertz CT molecular complexity index is 965. The Morgan fingerprint density at radius 1 is 1.07 bits per heavy atom. The standard InChI is InChI=1S/C23H27ClN4O/c1-15(2)22(18-10-12-19(24)13-11-18)25-14-21(29)26-23-16(3)27-28(17(23)4)20-8-6-5-7-9-20/h5-13,15,22,25H,14H2,1-4H3,(H,26,29)/t22-/m1/s1. The van der Waals surface area contributed by atoms with Crippen LogP contribution in [0.4, 0.5) is 5.69 Å². The van der Waals surface area contributed by atoms with Crippen molar-refractivity contribution in [3.63, 3.8) is 0 Å². The third-order valence-electron chi connectivity index (χ3n) is 4.93. The van der Waals surface area contributed by atoms with Gasteiger partial charge in [0, 0.05) is 11.1 Å². The van der Waals surface area contributed by atoms with Gasteiger partial charge in [-0.25, -0.2) is 4.68 Å². The molecule has 2 N–H and O–H groups in total. The van der Waals surface area contributed by atoms with Crippen molar-refractivity contribution in [3.05, 3.63) is 76.6 Å². The molecule has 2 aromatic carbocycles. The molecule has 0 spiro atoms. The number of nitrogens with one attached hydrogen (secondary N) is 2. The summed E-state index contributed by atoms with van der Waals surface area (Å²) in [6, 6.07) is 17.7. The van der Waals surface area contributed by atoms with Gasteiger partial charge < -0.3 is 10.6 Å². The molecule has 1 aromatic heterocycles. The predicted octanol–water partition coefficient (Wildman–Crippen LogP) is 5.07. The maximum Gasteiger partial charge on any atom is 0.238 e. The number of carbonyl (C=O) groups excluding carboxylic acids is 1. The van der Waals surface area contributed by atoms with Crippen LogP contribution in [0.1, 0.15) is 36.8 Å². The van der Waals surface area contributed by atoms with E-state index >= 15 is 0 Å². The van der Waals surface area contributed by atoms with Crippen LogP contribution in [0.15, 0.2) is 54.6 Å². The zero-order chi connectivity index (χ0) is 21.0. The zero-order valence-electron chi connectivity index (χ0n) is 17.2. The summed E-state index contributed by atoms with van der Waals surface area (Å²) in [5.74, 6) is 0.233. The fraction of sp³-hybridized carbons (Fsp3) is 0.304. The summed E-state index contributed by atoms with van der Waals surface area (Å²) in [6.45, 7) is 8.33. The monoisotopic (exact) mass is 410 g/mol. The highest BCUT2D eigenvalue weighted by Crippen LogP contribution is 2.24. The van der Waals surface area contributed by atoms with E-state index in [1.54, 1.807) is 0 Å². The summed E-state index contributed by atoms with van der Waals surface area (Å²) in [4.78, 5) is 12.6. The Balaban J connectivity index is 1.69. The van der Waals surface area contributed by atoms with Gasteiger partial charge in [-0.1, -0.05) is 55.8 Å². The van der Waals surface area contributed by atoms with E-state index in [0.29, 0.717) is 10.9 Å². The summed E-state index contributed by atoms with van der Waals surface area (Å²) in [7, 11) is 0. The van der Waals surface area contributed by atoms with Crippen LogP contribution < -0.4 is 10.6 Å². The SMILES string of the molecule is Cc1nn(-c2ccccc2)c(C)c1NC(=O)CN[C@@H](c1ccc(Cl)cc1)C(C)C. The quantitative estimate of drug-likeness (QED) is 0.571. The van der Waals surface area contributed by atoms with Crippen LogP contribution in [-0.4, -0.2) is 22.2 Å². The molecule has 0 unspecified atom stereocenters. The number of anilines is 1. The van der Waals surface area contributed by atoms with Gasteiger partial charge in [0.1, 0.15) is 0 Å². The van der Waals surface area contributed by atoms with Crippen molar-refractivity contribution in [3.8, 4) is 5.69 Å².